The molecule has 0 aromatic heterocycles. The second kappa shape index (κ2) is 4.63. The highest BCUT2D eigenvalue weighted by molar-refractivity contribution is 7.98. The first-order chi connectivity index (χ1) is 9.20. The van der Waals surface area contributed by atoms with E-state index in [1.165, 1.54) is 0 Å². The Kier molecular flexibility index (Phi) is 2.95. The number of phenols is 1. The molecule has 19 heavy (non-hydrogen) atoms. The number of nitrogens with zero attached hydrogens (tertiary/aromatic N) is 1. The number of carbonyl (C=O) groups excluding carboxylic acids is 1. The third-order valence-corrected chi connectivity index (χ3v) is 4.07. The summed E-state index contributed by atoms with van der Waals surface area (Å²) in [5.41, 5.74) is 2.16. The van der Waals surface area contributed by atoms with Crippen molar-refractivity contribution in [1.29, 1.82) is 0 Å². The Morgan fingerprint density at radius 1 is 1.16 bits per heavy atom. The fraction of sp³-hybridized carbons (Fsp3) is 0.133. The van der Waals surface area contributed by atoms with Crippen molar-refractivity contribution < 1.29 is 9.90 Å². The Morgan fingerprint density at radius 2 is 1.89 bits per heavy atom. The molecule has 96 valence electrons. The standard InChI is InChI=1S/C15H13NO2S/c1-19-11-7-5-10(6-8-11)16-9-13-12(15(16)18)3-2-4-14(13)17/h2-8,17H,9H2,1H3. The van der Waals surface area contributed by atoms with Gasteiger partial charge in [0.1, 0.15) is 5.75 Å². The lowest BCUT2D eigenvalue weighted by Gasteiger charge is -2.15. The van der Waals surface area contributed by atoms with Crippen LogP contribution in [-0.2, 0) is 6.54 Å². The van der Waals surface area contributed by atoms with Crippen LogP contribution in [0.1, 0.15) is 15.9 Å². The van der Waals surface area contributed by atoms with Gasteiger partial charge in [-0.25, -0.2) is 0 Å². The van der Waals surface area contributed by atoms with E-state index in [0.29, 0.717) is 17.7 Å². The molecule has 1 amide bonds. The van der Waals surface area contributed by atoms with Crippen molar-refractivity contribution in [2.75, 3.05) is 11.2 Å². The maximum atomic E-state index is 12.3. The zero-order chi connectivity index (χ0) is 13.4. The lowest BCUT2D eigenvalue weighted by atomic mass is 10.1. The maximum absolute atomic E-state index is 12.3. The minimum Gasteiger partial charge on any atom is -0.508 e. The van der Waals surface area contributed by atoms with Crippen LogP contribution in [0, 0.1) is 0 Å². The van der Waals surface area contributed by atoms with E-state index in [2.05, 4.69) is 0 Å². The second-order valence-electron chi connectivity index (χ2n) is 4.39. The van der Waals surface area contributed by atoms with Crippen molar-refractivity contribution in [1.82, 2.24) is 0 Å². The van der Waals surface area contributed by atoms with Crippen molar-refractivity contribution in [2.24, 2.45) is 0 Å². The Hall–Kier alpha value is -1.94. The molecule has 0 fully saturated rings. The normalized spacial score (nSPS) is 13.7. The smallest absolute Gasteiger partial charge is 0.259 e. The molecule has 4 heteroatoms. The number of rotatable bonds is 2. The van der Waals surface area contributed by atoms with Gasteiger partial charge in [-0.05, 0) is 42.7 Å². The summed E-state index contributed by atoms with van der Waals surface area (Å²) in [7, 11) is 0. The Morgan fingerprint density at radius 3 is 2.53 bits per heavy atom. The fourth-order valence-electron chi connectivity index (χ4n) is 2.29. The second-order valence-corrected chi connectivity index (χ2v) is 5.27. The van der Waals surface area contributed by atoms with E-state index in [0.717, 1.165) is 10.6 Å². The van der Waals surface area contributed by atoms with Crippen LogP contribution in [-0.4, -0.2) is 17.3 Å². The minimum absolute atomic E-state index is 0.0530. The molecule has 0 bridgehead atoms. The predicted octanol–water partition coefficient (Wildman–Crippen LogP) is 3.27. The average Bonchev–Trinajstić information content (AvgIpc) is 2.78. The van der Waals surface area contributed by atoms with E-state index in [1.54, 1.807) is 34.9 Å². The van der Waals surface area contributed by atoms with Gasteiger partial charge in [0.2, 0.25) is 0 Å². The SMILES string of the molecule is CSc1ccc(N2Cc3c(O)cccc3C2=O)cc1. The molecule has 1 N–H and O–H groups in total. The molecule has 2 aromatic rings. The van der Waals surface area contributed by atoms with Crippen LogP contribution in [0.25, 0.3) is 0 Å². The van der Waals surface area contributed by atoms with Gasteiger partial charge in [-0.15, -0.1) is 11.8 Å². The summed E-state index contributed by atoms with van der Waals surface area (Å²) in [5.74, 6) is 0.136. The first-order valence-corrected chi connectivity index (χ1v) is 7.20. The van der Waals surface area contributed by atoms with Crippen LogP contribution in [0.15, 0.2) is 47.4 Å². The van der Waals surface area contributed by atoms with Gasteiger partial charge in [-0.2, -0.15) is 0 Å². The minimum atomic E-state index is -0.0530. The van der Waals surface area contributed by atoms with Gasteiger partial charge in [0.15, 0.2) is 0 Å². The summed E-state index contributed by atoms with van der Waals surface area (Å²) in [6.07, 6.45) is 2.02. The molecule has 3 rings (SSSR count). The quantitative estimate of drug-likeness (QED) is 0.852. The van der Waals surface area contributed by atoms with Gasteiger partial charge in [0, 0.05) is 21.7 Å². The molecule has 1 aliphatic heterocycles. The molecule has 0 radical (unpaired) electrons. The molecule has 0 saturated heterocycles. The van der Waals surface area contributed by atoms with Crippen molar-refractivity contribution in [3.8, 4) is 5.75 Å². The topological polar surface area (TPSA) is 40.5 Å². The van der Waals surface area contributed by atoms with Crippen LogP contribution in [0.3, 0.4) is 0 Å². The third-order valence-electron chi connectivity index (χ3n) is 3.33. The predicted molar refractivity (Wildman–Crippen MR) is 76.8 cm³/mol. The Labute approximate surface area is 115 Å². The zero-order valence-electron chi connectivity index (χ0n) is 10.5. The van der Waals surface area contributed by atoms with Gasteiger partial charge in [-0.3, -0.25) is 4.79 Å². The number of carbonyl (C=O) groups is 1. The zero-order valence-corrected chi connectivity index (χ0v) is 11.3. The summed E-state index contributed by atoms with van der Waals surface area (Å²) >= 11 is 1.67. The van der Waals surface area contributed by atoms with Gasteiger partial charge < -0.3 is 10.0 Å². The first-order valence-electron chi connectivity index (χ1n) is 5.97. The molecule has 0 spiro atoms. The number of phenolic OH excluding ortho intramolecular Hbond substituents is 1. The van der Waals surface area contributed by atoms with Crippen molar-refractivity contribution in [3.63, 3.8) is 0 Å². The van der Waals surface area contributed by atoms with Gasteiger partial charge >= 0.3 is 0 Å². The van der Waals surface area contributed by atoms with Crippen LogP contribution in [0.5, 0.6) is 5.75 Å². The van der Waals surface area contributed by atoms with Crippen LogP contribution in [0.4, 0.5) is 5.69 Å². The summed E-state index contributed by atoms with van der Waals surface area (Å²) in [4.78, 5) is 15.2. The van der Waals surface area contributed by atoms with E-state index < -0.39 is 0 Å². The van der Waals surface area contributed by atoms with E-state index >= 15 is 0 Å². The lowest BCUT2D eigenvalue weighted by molar-refractivity contribution is 0.0996. The number of benzene rings is 2. The highest BCUT2D eigenvalue weighted by atomic mass is 32.2. The molecule has 0 aliphatic carbocycles. The van der Waals surface area contributed by atoms with Gasteiger partial charge in [0.25, 0.3) is 5.91 Å². The van der Waals surface area contributed by atoms with Crippen LogP contribution >= 0.6 is 11.8 Å². The number of amides is 1. The number of hydrogen-bond acceptors (Lipinski definition) is 3. The van der Waals surface area contributed by atoms with E-state index in [9.17, 15) is 9.90 Å². The van der Waals surface area contributed by atoms with Crippen molar-refractivity contribution in [3.05, 3.63) is 53.6 Å². The van der Waals surface area contributed by atoms with E-state index in [-0.39, 0.29) is 11.7 Å². The van der Waals surface area contributed by atoms with Crippen LogP contribution < -0.4 is 4.90 Å². The number of thioether (sulfide) groups is 1. The number of anilines is 1. The summed E-state index contributed by atoms with van der Waals surface area (Å²) in [6, 6.07) is 12.9. The van der Waals surface area contributed by atoms with Gasteiger partial charge in [-0.1, -0.05) is 6.07 Å². The van der Waals surface area contributed by atoms with Crippen molar-refractivity contribution in [2.45, 2.75) is 11.4 Å². The summed E-state index contributed by atoms with van der Waals surface area (Å²) in [5, 5.41) is 9.81. The first kappa shape index (κ1) is 12.1. The third kappa shape index (κ3) is 1.98. The highest BCUT2D eigenvalue weighted by Gasteiger charge is 2.30. The van der Waals surface area contributed by atoms with E-state index in [1.807, 2.05) is 30.5 Å². The Bertz CT molecular complexity index is 637. The van der Waals surface area contributed by atoms with E-state index in [4.69, 9.17) is 0 Å². The molecule has 1 heterocycles. The van der Waals surface area contributed by atoms with Gasteiger partial charge in [0.05, 0.1) is 6.54 Å². The molecule has 0 atom stereocenters. The Balaban J connectivity index is 1.96. The average molecular weight is 271 g/mol. The molecule has 1 aliphatic rings. The molecule has 3 nitrogen and oxygen atoms in total. The largest absolute Gasteiger partial charge is 0.508 e. The molecular formula is C15H13NO2S. The summed E-state index contributed by atoms with van der Waals surface area (Å²) < 4.78 is 0. The maximum Gasteiger partial charge on any atom is 0.259 e. The molecular weight excluding hydrogens is 258 g/mol. The summed E-state index contributed by atoms with van der Waals surface area (Å²) in [6.45, 7) is 0.430. The molecule has 0 saturated carbocycles. The number of hydrogen-bond donors (Lipinski definition) is 1. The van der Waals surface area contributed by atoms with Crippen LogP contribution in [0.2, 0.25) is 0 Å². The molecule has 0 unspecified atom stereocenters. The van der Waals surface area contributed by atoms with Crippen molar-refractivity contribution >= 4 is 23.4 Å². The number of aromatic hydroxyl groups is 1. The number of fused-ring (bicyclic) bond motifs is 1. The molecule has 2 aromatic carbocycles. The lowest BCUT2D eigenvalue weighted by Crippen LogP contribution is -2.22. The monoisotopic (exact) mass is 271 g/mol. The highest BCUT2D eigenvalue weighted by Crippen LogP contribution is 2.33. The fourth-order valence-corrected chi connectivity index (χ4v) is 2.70.